The normalized spacial score (nSPS) is 15.5. The number of nitrogens with one attached hydrogen (secondary N) is 1. The van der Waals surface area contributed by atoms with Crippen LogP contribution in [0.25, 0.3) is 0 Å². The summed E-state index contributed by atoms with van der Waals surface area (Å²) in [6.45, 7) is 8.13. The Morgan fingerprint density at radius 3 is 2.14 bits per heavy atom. The topological polar surface area (TPSA) is 43.0 Å². The number of likely N-dealkylation sites (tertiary alicyclic amines) is 1. The van der Waals surface area contributed by atoms with Crippen molar-refractivity contribution in [2.45, 2.75) is 51.9 Å². The second kappa shape index (κ2) is 10.5. The van der Waals surface area contributed by atoms with Crippen LogP contribution in [0.5, 0.6) is 17.2 Å². The van der Waals surface area contributed by atoms with Crippen molar-refractivity contribution in [3.05, 3.63) is 53.6 Å². The van der Waals surface area contributed by atoms with Crippen molar-refractivity contribution in [2.24, 2.45) is 0 Å². The van der Waals surface area contributed by atoms with Crippen LogP contribution in [-0.4, -0.2) is 44.3 Å². The number of benzene rings is 2. The minimum atomic E-state index is 0.472. The second-order valence-electron chi connectivity index (χ2n) is 7.89. The molecule has 5 heteroatoms. The molecule has 158 valence electrons. The number of nitrogens with zero attached hydrogens (tertiary/aromatic N) is 1. The lowest BCUT2D eigenvalue weighted by Crippen LogP contribution is -2.44. The van der Waals surface area contributed by atoms with Gasteiger partial charge in [0.15, 0.2) is 11.5 Å². The molecule has 0 unspecified atom stereocenters. The summed E-state index contributed by atoms with van der Waals surface area (Å²) in [5.74, 6) is 2.05. The van der Waals surface area contributed by atoms with Crippen LogP contribution in [0.15, 0.2) is 42.5 Å². The molecular formula is C24H34N2O3. The van der Waals surface area contributed by atoms with Crippen molar-refractivity contribution >= 4 is 0 Å². The molecule has 0 spiro atoms. The predicted molar refractivity (Wildman–Crippen MR) is 117 cm³/mol. The zero-order valence-corrected chi connectivity index (χ0v) is 18.1. The predicted octanol–water partition coefficient (Wildman–Crippen LogP) is 4.25. The van der Waals surface area contributed by atoms with E-state index in [4.69, 9.17) is 14.2 Å². The van der Waals surface area contributed by atoms with Crippen LogP contribution in [0.1, 0.15) is 37.8 Å². The molecule has 0 atom stereocenters. The van der Waals surface area contributed by atoms with Gasteiger partial charge < -0.3 is 24.4 Å². The maximum Gasteiger partial charge on any atom is 0.203 e. The van der Waals surface area contributed by atoms with E-state index in [1.807, 2.05) is 42.5 Å². The molecule has 0 aliphatic carbocycles. The molecule has 1 aliphatic rings. The highest BCUT2D eigenvalue weighted by molar-refractivity contribution is 5.54. The van der Waals surface area contributed by atoms with Crippen molar-refractivity contribution < 1.29 is 14.2 Å². The molecule has 0 saturated carbocycles. The Labute approximate surface area is 175 Å². The highest BCUT2D eigenvalue weighted by Crippen LogP contribution is 2.39. The molecule has 0 aromatic heterocycles. The summed E-state index contributed by atoms with van der Waals surface area (Å²) >= 11 is 0. The van der Waals surface area contributed by atoms with Crippen LogP contribution >= 0.6 is 0 Å². The van der Waals surface area contributed by atoms with E-state index in [1.54, 1.807) is 14.2 Å². The van der Waals surface area contributed by atoms with Gasteiger partial charge in [0.05, 0.1) is 14.2 Å². The molecule has 0 radical (unpaired) electrons. The fraction of sp³-hybridized carbons (Fsp3) is 0.500. The molecule has 0 amide bonds. The first-order valence-electron chi connectivity index (χ1n) is 10.5. The molecule has 1 fully saturated rings. The summed E-state index contributed by atoms with van der Waals surface area (Å²) < 4.78 is 17.3. The van der Waals surface area contributed by atoms with Gasteiger partial charge in [-0.05, 0) is 63.0 Å². The van der Waals surface area contributed by atoms with E-state index in [0.717, 1.165) is 30.8 Å². The van der Waals surface area contributed by atoms with Gasteiger partial charge in [0.25, 0.3) is 0 Å². The van der Waals surface area contributed by atoms with Gasteiger partial charge in [-0.15, -0.1) is 0 Å². The molecule has 1 N–H and O–H groups in total. The van der Waals surface area contributed by atoms with Gasteiger partial charge in [0, 0.05) is 18.6 Å². The van der Waals surface area contributed by atoms with Gasteiger partial charge in [0.1, 0.15) is 6.61 Å². The third-order valence-electron chi connectivity index (χ3n) is 5.60. The van der Waals surface area contributed by atoms with Crippen LogP contribution in [0, 0.1) is 0 Å². The average molecular weight is 399 g/mol. The SMILES string of the molecule is COc1cc(CNC2CCN(C(C)C)CC2)cc(OC)c1OCc1ccccc1. The number of hydrogen-bond donors (Lipinski definition) is 1. The molecule has 0 bridgehead atoms. The summed E-state index contributed by atoms with van der Waals surface area (Å²) in [5.41, 5.74) is 2.24. The fourth-order valence-electron chi connectivity index (χ4n) is 3.79. The minimum Gasteiger partial charge on any atom is -0.493 e. The van der Waals surface area contributed by atoms with Gasteiger partial charge in [-0.1, -0.05) is 30.3 Å². The van der Waals surface area contributed by atoms with Gasteiger partial charge >= 0.3 is 0 Å². The molecular weight excluding hydrogens is 364 g/mol. The first kappa shape index (κ1) is 21.5. The van der Waals surface area contributed by atoms with E-state index >= 15 is 0 Å². The summed E-state index contributed by atoms with van der Waals surface area (Å²) in [4.78, 5) is 2.54. The van der Waals surface area contributed by atoms with Crippen molar-refractivity contribution in [1.82, 2.24) is 10.2 Å². The molecule has 5 nitrogen and oxygen atoms in total. The zero-order valence-electron chi connectivity index (χ0n) is 18.1. The van der Waals surface area contributed by atoms with Crippen molar-refractivity contribution in [3.8, 4) is 17.2 Å². The Kier molecular flexibility index (Phi) is 7.78. The number of rotatable bonds is 9. The van der Waals surface area contributed by atoms with Gasteiger partial charge in [-0.25, -0.2) is 0 Å². The smallest absolute Gasteiger partial charge is 0.203 e. The first-order chi connectivity index (χ1) is 14.1. The monoisotopic (exact) mass is 398 g/mol. The van der Waals surface area contributed by atoms with Crippen molar-refractivity contribution in [2.75, 3.05) is 27.3 Å². The van der Waals surface area contributed by atoms with Gasteiger partial charge in [-0.3, -0.25) is 0 Å². The maximum atomic E-state index is 6.04. The van der Waals surface area contributed by atoms with Gasteiger partial charge in [0.2, 0.25) is 5.75 Å². The molecule has 1 saturated heterocycles. The standard InChI is InChI=1S/C24H34N2O3/c1-18(2)26-12-10-21(11-13-26)25-16-20-14-22(27-3)24(23(15-20)28-4)29-17-19-8-6-5-7-9-19/h5-9,14-15,18,21,25H,10-13,16-17H2,1-4H3. The third kappa shape index (κ3) is 5.87. The van der Waals surface area contributed by atoms with E-state index in [1.165, 1.54) is 12.8 Å². The van der Waals surface area contributed by atoms with Gasteiger partial charge in [-0.2, -0.15) is 0 Å². The van der Waals surface area contributed by atoms with Crippen LogP contribution in [-0.2, 0) is 13.2 Å². The Bertz CT molecular complexity index is 731. The van der Waals surface area contributed by atoms with E-state index in [-0.39, 0.29) is 0 Å². The molecule has 3 rings (SSSR count). The molecule has 2 aromatic carbocycles. The molecule has 1 aliphatic heterocycles. The molecule has 2 aromatic rings. The number of piperidine rings is 1. The lowest BCUT2D eigenvalue weighted by Gasteiger charge is -2.35. The molecule has 1 heterocycles. The van der Waals surface area contributed by atoms with Crippen LogP contribution in [0.2, 0.25) is 0 Å². The Balaban J connectivity index is 1.63. The van der Waals surface area contributed by atoms with E-state index in [0.29, 0.717) is 35.9 Å². The Morgan fingerprint density at radius 1 is 0.966 bits per heavy atom. The summed E-state index contributed by atoms with van der Waals surface area (Å²) in [7, 11) is 3.34. The summed E-state index contributed by atoms with van der Waals surface area (Å²) in [5, 5.41) is 3.70. The summed E-state index contributed by atoms with van der Waals surface area (Å²) in [6, 6.07) is 15.4. The number of methoxy groups -OCH3 is 2. The Morgan fingerprint density at radius 2 is 1.59 bits per heavy atom. The maximum absolute atomic E-state index is 6.04. The quantitative estimate of drug-likeness (QED) is 0.684. The van der Waals surface area contributed by atoms with E-state index in [2.05, 4.69) is 24.1 Å². The zero-order chi connectivity index (χ0) is 20.6. The largest absolute Gasteiger partial charge is 0.493 e. The lowest BCUT2D eigenvalue weighted by atomic mass is 10.0. The average Bonchev–Trinajstić information content (AvgIpc) is 2.76. The van der Waals surface area contributed by atoms with Crippen LogP contribution in [0.4, 0.5) is 0 Å². The minimum absolute atomic E-state index is 0.472. The van der Waals surface area contributed by atoms with E-state index < -0.39 is 0 Å². The first-order valence-corrected chi connectivity index (χ1v) is 10.5. The van der Waals surface area contributed by atoms with E-state index in [9.17, 15) is 0 Å². The molecule has 29 heavy (non-hydrogen) atoms. The Hall–Kier alpha value is -2.24. The van der Waals surface area contributed by atoms with Crippen molar-refractivity contribution in [3.63, 3.8) is 0 Å². The summed E-state index contributed by atoms with van der Waals surface area (Å²) in [6.07, 6.45) is 2.37. The second-order valence-corrected chi connectivity index (χ2v) is 7.89. The van der Waals surface area contributed by atoms with Crippen molar-refractivity contribution in [1.29, 1.82) is 0 Å². The van der Waals surface area contributed by atoms with Crippen LogP contribution < -0.4 is 19.5 Å². The lowest BCUT2D eigenvalue weighted by molar-refractivity contribution is 0.161. The highest BCUT2D eigenvalue weighted by Gasteiger charge is 2.21. The fourth-order valence-corrected chi connectivity index (χ4v) is 3.79. The van der Waals surface area contributed by atoms with Crippen LogP contribution in [0.3, 0.4) is 0 Å². The highest BCUT2D eigenvalue weighted by atomic mass is 16.5. The number of hydrogen-bond acceptors (Lipinski definition) is 5. The third-order valence-corrected chi connectivity index (χ3v) is 5.60. The number of ether oxygens (including phenoxy) is 3.